The molecule has 1 amide bonds. The van der Waals surface area contributed by atoms with E-state index in [1.807, 2.05) is 56.0 Å². The zero-order chi connectivity index (χ0) is 27.3. The third-order valence-electron chi connectivity index (χ3n) is 6.86. The molecule has 2 aromatic heterocycles. The van der Waals surface area contributed by atoms with Crippen molar-refractivity contribution in [3.8, 4) is 11.6 Å². The molecule has 2 fully saturated rings. The van der Waals surface area contributed by atoms with Gasteiger partial charge in [-0.1, -0.05) is 30.3 Å². The van der Waals surface area contributed by atoms with Crippen LogP contribution in [0.4, 0.5) is 19.5 Å². The Labute approximate surface area is 224 Å². The highest BCUT2D eigenvalue weighted by Gasteiger charge is 2.47. The number of benzene rings is 2. The molecule has 2 aromatic carbocycles. The number of aromatic nitrogens is 4. The Hall–Kier alpha value is -4.28. The maximum Gasteiger partial charge on any atom is 0.410 e. The number of anilines is 1. The Morgan fingerprint density at radius 1 is 1.05 bits per heavy atom. The zero-order valence-electron chi connectivity index (χ0n) is 21.8. The van der Waals surface area contributed by atoms with E-state index in [-0.39, 0.29) is 30.5 Å². The molecule has 0 radical (unpaired) electrons. The number of hydrogen-bond donors (Lipinski definition) is 0. The minimum Gasteiger partial charge on any atom is -0.472 e. The molecule has 0 unspecified atom stereocenters. The first kappa shape index (κ1) is 25.0. The lowest BCUT2D eigenvalue weighted by Crippen LogP contribution is -2.50. The molecule has 2 saturated heterocycles. The molecule has 11 heteroatoms. The second-order valence-electron chi connectivity index (χ2n) is 10.8. The molecule has 0 spiro atoms. The van der Waals surface area contributed by atoms with Crippen LogP contribution in [0.2, 0.25) is 0 Å². The molecule has 39 heavy (non-hydrogen) atoms. The lowest BCUT2D eigenvalue weighted by molar-refractivity contribution is 0.0214. The lowest BCUT2D eigenvalue weighted by atomic mass is 10.2. The summed E-state index contributed by atoms with van der Waals surface area (Å²) in [5.41, 5.74) is 0.770. The number of carbonyl (C=O) groups excluding carboxylic acids is 1. The highest BCUT2D eigenvalue weighted by atomic mass is 19.1. The first-order valence-electron chi connectivity index (χ1n) is 12.8. The van der Waals surface area contributed by atoms with Crippen molar-refractivity contribution in [2.24, 2.45) is 0 Å². The van der Waals surface area contributed by atoms with Crippen LogP contribution in [0.15, 0.2) is 54.7 Å². The van der Waals surface area contributed by atoms with Crippen molar-refractivity contribution in [1.29, 1.82) is 0 Å². The molecule has 2 aliphatic rings. The average Bonchev–Trinajstić information content (AvgIpc) is 3.61. The Kier molecular flexibility index (Phi) is 6.08. The molecule has 6 rings (SSSR count). The molecule has 2 bridgehead atoms. The topological polar surface area (TPSA) is 85.6 Å². The van der Waals surface area contributed by atoms with E-state index in [0.29, 0.717) is 36.0 Å². The zero-order valence-corrected chi connectivity index (χ0v) is 21.8. The molecule has 0 aliphatic carbocycles. The fourth-order valence-corrected chi connectivity index (χ4v) is 5.12. The van der Waals surface area contributed by atoms with E-state index in [9.17, 15) is 13.6 Å². The molecule has 9 nitrogen and oxygen atoms in total. The minimum atomic E-state index is -0.764. The fraction of sp³-hybridized carbons (Fsp3) is 0.357. The summed E-state index contributed by atoms with van der Waals surface area (Å²) < 4.78 is 41.4. The third kappa shape index (κ3) is 4.84. The molecule has 0 saturated carbocycles. The van der Waals surface area contributed by atoms with Gasteiger partial charge in [-0.05, 0) is 44.9 Å². The quantitative estimate of drug-likeness (QED) is 0.361. The van der Waals surface area contributed by atoms with Crippen molar-refractivity contribution in [2.75, 3.05) is 18.0 Å². The maximum absolute atomic E-state index is 14.7. The van der Waals surface area contributed by atoms with E-state index in [0.717, 1.165) is 18.1 Å². The van der Waals surface area contributed by atoms with Crippen molar-refractivity contribution in [2.45, 2.75) is 51.5 Å². The number of carbonyl (C=O) groups is 1. The van der Waals surface area contributed by atoms with Crippen molar-refractivity contribution >= 4 is 23.1 Å². The Balaban J connectivity index is 1.35. The van der Waals surface area contributed by atoms with Gasteiger partial charge >= 0.3 is 6.09 Å². The van der Waals surface area contributed by atoms with E-state index in [4.69, 9.17) is 19.4 Å². The molecular weight excluding hydrogens is 506 g/mol. The van der Waals surface area contributed by atoms with Crippen LogP contribution < -0.4 is 9.64 Å². The Morgan fingerprint density at radius 3 is 2.54 bits per heavy atom. The smallest absolute Gasteiger partial charge is 0.410 e. The van der Waals surface area contributed by atoms with Gasteiger partial charge in [0, 0.05) is 19.2 Å². The number of rotatable bonds is 5. The third-order valence-corrected chi connectivity index (χ3v) is 6.86. The van der Waals surface area contributed by atoms with Gasteiger partial charge in [0.15, 0.2) is 11.5 Å². The van der Waals surface area contributed by atoms with Crippen molar-refractivity contribution in [3.63, 3.8) is 0 Å². The van der Waals surface area contributed by atoms with E-state index in [2.05, 4.69) is 5.10 Å². The van der Waals surface area contributed by atoms with Gasteiger partial charge in [0.25, 0.3) is 0 Å². The number of likely N-dealkylation sites (tertiary alicyclic amines) is 1. The van der Waals surface area contributed by atoms with Crippen LogP contribution in [-0.4, -0.2) is 61.5 Å². The Bertz CT molecular complexity index is 1540. The summed E-state index contributed by atoms with van der Waals surface area (Å²) in [6.07, 6.45) is 1.94. The van der Waals surface area contributed by atoms with Gasteiger partial charge in [-0.2, -0.15) is 15.1 Å². The fourth-order valence-electron chi connectivity index (χ4n) is 5.12. The maximum atomic E-state index is 14.7. The summed E-state index contributed by atoms with van der Waals surface area (Å²) in [5.74, 6) is -0.747. The monoisotopic (exact) mass is 534 g/mol. The van der Waals surface area contributed by atoms with Gasteiger partial charge in [0.2, 0.25) is 11.8 Å². The Morgan fingerprint density at radius 2 is 1.85 bits per heavy atom. The summed E-state index contributed by atoms with van der Waals surface area (Å²) in [7, 11) is 0. The van der Waals surface area contributed by atoms with Gasteiger partial charge in [-0.15, -0.1) is 0 Å². The molecule has 0 N–H and O–H groups in total. The first-order valence-corrected chi connectivity index (χ1v) is 12.8. The van der Waals surface area contributed by atoms with Crippen LogP contribution in [0.3, 0.4) is 0 Å². The standard InChI is InChI=1S/C28H28F2N6O3/c1-28(2,3)39-27(37)35-15-19-12-20(35)14-34(19)26-32-24-21(25(33-26)38-16-17-7-5-4-6-8-17)13-31-36(24)23-10-9-18(29)11-22(23)30/h4-11,13,19-20H,12,14-16H2,1-3H3/t19-,20-/m1/s1. The second-order valence-corrected chi connectivity index (χ2v) is 10.8. The number of piperazine rings is 1. The van der Waals surface area contributed by atoms with Crippen molar-refractivity contribution in [3.05, 3.63) is 71.9 Å². The highest BCUT2D eigenvalue weighted by molar-refractivity contribution is 5.83. The molecule has 4 aromatic rings. The number of nitrogens with zero attached hydrogens (tertiary/aromatic N) is 6. The largest absolute Gasteiger partial charge is 0.472 e. The minimum absolute atomic E-state index is 0.0131. The summed E-state index contributed by atoms with van der Waals surface area (Å²) in [5, 5.41) is 4.84. The van der Waals surface area contributed by atoms with Crippen molar-refractivity contribution < 1.29 is 23.0 Å². The van der Waals surface area contributed by atoms with Crippen LogP contribution in [0, 0.1) is 11.6 Å². The predicted octanol–water partition coefficient (Wildman–Crippen LogP) is 4.87. The van der Waals surface area contributed by atoms with Crippen LogP contribution in [0.25, 0.3) is 16.7 Å². The number of halogens is 2. The van der Waals surface area contributed by atoms with Gasteiger partial charge in [0.1, 0.15) is 29.1 Å². The lowest BCUT2D eigenvalue weighted by Gasteiger charge is -2.35. The summed E-state index contributed by atoms with van der Waals surface area (Å²) in [4.78, 5) is 26.0. The van der Waals surface area contributed by atoms with Gasteiger partial charge in [0.05, 0.1) is 18.3 Å². The van der Waals surface area contributed by atoms with Gasteiger partial charge < -0.3 is 19.3 Å². The summed E-state index contributed by atoms with van der Waals surface area (Å²) in [6, 6.07) is 12.9. The SMILES string of the molecule is CC(C)(C)OC(=O)N1C[C@H]2C[C@@H]1CN2c1nc(OCc2ccccc2)c2cnn(-c3ccc(F)cc3F)c2n1. The van der Waals surface area contributed by atoms with E-state index in [1.54, 1.807) is 4.90 Å². The molecule has 4 heterocycles. The van der Waals surface area contributed by atoms with Crippen LogP contribution in [-0.2, 0) is 11.3 Å². The molecule has 2 aliphatic heterocycles. The predicted molar refractivity (Wildman–Crippen MR) is 140 cm³/mol. The highest BCUT2D eigenvalue weighted by Crippen LogP contribution is 2.36. The van der Waals surface area contributed by atoms with E-state index >= 15 is 0 Å². The van der Waals surface area contributed by atoms with Crippen LogP contribution >= 0.6 is 0 Å². The van der Waals surface area contributed by atoms with E-state index in [1.165, 1.54) is 23.0 Å². The number of ether oxygens (including phenoxy) is 2. The average molecular weight is 535 g/mol. The number of fused-ring (bicyclic) bond motifs is 3. The first-order chi connectivity index (χ1) is 18.7. The van der Waals surface area contributed by atoms with E-state index < -0.39 is 17.2 Å². The second kappa shape index (κ2) is 9.48. The summed E-state index contributed by atoms with van der Waals surface area (Å²) >= 11 is 0. The van der Waals surface area contributed by atoms with Gasteiger partial charge in [-0.3, -0.25) is 0 Å². The van der Waals surface area contributed by atoms with Gasteiger partial charge in [-0.25, -0.2) is 18.3 Å². The summed E-state index contributed by atoms with van der Waals surface area (Å²) in [6.45, 7) is 6.80. The normalized spacial score (nSPS) is 18.7. The molecular formula is C28H28F2N6O3. The van der Waals surface area contributed by atoms with Crippen LogP contribution in [0.5, 0.6) is 5.88 Å². The number of hydrogen-bond acceptors (Lipinski definition) is 7. The molecule has 202 valence electrons. The molecule has 2 atom stereocenters. The van der Waals surface area contributed by atoms with Crippen molar-refractivity contribution in [1.82, 2.24) is 24.6 Å². The van der Waals surface area contributed by atoms with Crippen LogP contribution in [0.1, 0.15) is 32.8 Å². The number of amides is 1.